The maximum absolute atomic E-state index is 11.4. The number of carbonyl (C=O) groups excluding carboxylic acids is 1. The molecule has 2 aromatic rings. The minimum Gasteiger partial charge on any atom is -0.475 e. The summed E-state index contributed by atoms with van der Waals surface area (Å²) in [5, 5.41) is 17.0. The number of aliphatic carboxylic acids is 1. The van der Waals surface area contributed by atoms with E-state index in [1.807, 2.05) is 24.3 Å². The van der Waals surface area contributed by atoms with Crippen molar-refractivity contribution >= 4 is 23.1 Å². The van der Waals surface area contributed by atoms with Gasteiger partial charge in [0.2, 0.25) is 0 Å². The number of piperidine rings is 1. The largest absolute Gasteiger partial charge is 0.490 e. The highest BCUT2D eigenvalue weighted by atomic mass is 32.1. The number of rotatable bonds is 4. The van der Waals surface area contributed by atoms with Crippen molar-refractivity contribution in [3.05, 3.63) is 29.8 Å². The lowest BCUT2D eigenvalue weighted by Gasteiger charge is -2.35. The number of ether oxygens (including phenoxy) is 1. The number of alkyl halides is 3. The van der Waals surface area contributed by atoms with E-state index in [0.717, 1.165) is 23.4 Å². The number of hydrogen-bond acceptors (Lipinski definition) is 7. The summed E-state index contributed by atoms with van der Waals surface area (Å²) >= 11 is 1.47. The highest BCUT2D eigenvalue weighted by Crippen LogP contribution is 2.37. The van der Waals surface area contributed by atoms with Crippen molar-refractivity contribution in [2.75, 3.05) is 7.05 Å². The molecule has 1 aromatic carbocycles. The van der Waals surface area contributed by atoms with E-state index in [2.05, 4.69) is 22.1 Å². The summed E-state index contributed by atoms with van der Waals surface area (Å²) in [4.78, 5) is 22.7. The van der Waals surface area contributed by atoms with Crippen molar-refractivity contribution in [3.63, 3.8) is 0 Å². The molecule has 1 N–H and O–H groups in total. The number of Topliss-reactive ketones (excluding diaryl/α,β-unsaturated/α-hetero) is 1. The van der Waals surface area contributed by atoms with Crippen molar-refractivity contribution in [3.8, 4) is 15.8 Å². The minimum atomic E-state index is -5.08. The number of aromatic nitrogens is 2. The predicted octanol–water partition coefficient (Wildman–Crippen LogP) is 4.05. The zero-order valence-electron chi connectivity index (χ0n) is 16.9. The van der Waals surface area contributed by atoms with E-state index < -0.39 is 12.1 Å². The number of halogens is 3. The molecule has 2 bridgehead atoms. The second-order valence-corrected chi connectivity index (χ2v) is 8.51. The van der Waals surface area contributed by atoms with Crippen LogP contribution < -0.4 is 4.74 Å². The van der Waals surface area contributed by atoms with E-state index in [9.17, 15) is 18.0 Å². The van der Waals surface area contributed by atoms with Crippen LogP contribution in [0.4, 0.5) is 13.2 Å². The first-order chi connectivity index (χ1) is 14.5. The van der Waals surface area contributed by atoms with E-state index in [0.29, 0.717) is 22.8 Å². The van der Waals surface area contributed by atoms with Crippen LogP contribution in [0.15, 0.2) is 24.3 Å². The molecule has 2 saturated heterocycles. The standard InChI is InChI=1S/C18H21N3O2S.C2HF3O2/c1-11(22)12-3-5-13(6-4-12)17-19-20-18(24-17)23-16-9-14-7-8-15(10-16)21(14)2;3-2(4,5)1(6)7/h3-6,14-16H,7-10H2,1-2H3;(H,6,7). The quantitative estimate of drug-likeness (QED) is 0.693. The molecule has 0 amide bonds. The van der Waals surface area contributed by atoms with E-state index in [-0.39, 0.29) is 11.9 Å². The molecular weight excluding hydrogens is 435 g/mol. The first kappa shape index (κ1) is 23.1. The van der Waals surface area contributed by atoms with E-state index in [4.69, 9.17) is 14.6 Å². The Morgan fingerprint density at radius 3 is 2.16 bits per heavy atom. The summed E-state index contributed by atoms with van der Waals surface area (Å²) < 4.78 is 37.8. The van der Waals surface area contributed by atoms with Gasteiger partial charge in [-0.25, -0.2) is 4.79 Å². The number of benzene rings is 1. The molecule has 0 aliphatic carbocycles. The average molecular weight is 457 g/mol. The first-order valence-corrected chi connectivity index (χ1v) is 10.5. The first-order valence-electron chi connectivity index (χ1n) is 9.68. The Bertz CT molecular complexity index is 918. The van der Waals surface area contributed by atoms with Crippen LogP contribution in [0.2, 0.25) is 0 Å². The molecule has 2 atom stereocenters. The lowest BCUT2D eigenvalue weighted by molar-refractivity contribution is -0.192. The lowest BCUT2D eigenvalue weighted by atomic mass is 10.0. The fraction of sp³-hybridized carbons (Fsp3) is 0.500. The van der Waals surface area contributed by atoms with Crippen LogP contribution in [-0.2, 0) is 4.79 Å². The SMILES string of the molecule is CC(=O)c1ccc(-c2nnc(OC3CC4CCC(C3)N4C)s2)cc1.O=C(O)C(F)(F)F. The molecule has 2 unspecified atom stereocenters. The Labute approximate surface area is 180 Å². The fourth-order valence-electron chi connectivity index (χ4n) is 3.82. The molecule has 7 nitrogen and oxygen atoms in total. The van der Waals surface area contributed by atoms with Gasteiger partial charge < -0.3 is 14.7 Å². The zero-order valence-corrected chi connectivity index (χ0v) is 17.7. The van der Waals surface area contributed by atoms with E-state index in [1.165, 1.54) is 24.2 Å². The number of ketones is 1. The highest BCUT2D eigenvalue weighted by Gasteiger charge is 2.40. The molecule has 2 aliphatic rings. The van der Waals surface area contributed by atoms with Crippen LogP contribution in [0, 0.1) is 0 Å². The van der Waals surface area contributed by atoms with Gasteiger partial charge in [0.05, 0.1) is 0 Å². The molecule has 3 heterocycles. The van der Waals surface area contributed by atoms with Crippen LogP contribution in [0.5, 0.6) is 5.19 Å². The number of fused-ring (bicyclic) bond motifs is 2. The fourth-order valence-corrected chi connectivity index (χ4v) is 4.59. The molecule has 0 radical (unpaired) electrons. The lowest BCUT2D eigenvalue weighted by Crippen LogP contribution is -2.43. The van der Waals surface area contributed by atoms with Gasteiger partial charge in [0.1, 0.15) is 6.10 Å². The molecule has 2 aliphatic heterocycles. The summed E-state index contributed by atoms with van der Waals surface area (Å²) in [7, 11) is 2.23. The van der Waals surface area contributed by atoms with Gasteiger partial charge in [0.25, 0.3) is 5.19 Å². The minimum absolute atomic E-state index is 0.0692. The summed E-state index contributed by atoms with van der Waals surface area (Å²) in [5.74, 6) is -2.69. The van der Waals surface area contributed by atoms with Gasteiger partial charge >= 0.3 is 12.1 Å². The zero-order chi connectivity index (χ0) is 22.8. The predicted molar refractivity (Wildman–Crippen MR) is 107 cm³/mol. The summed E-state index contributed by atoms with van der Waals surface area (Å²) in [6, 6.07) is 8.79. The maximum Gasteiger partial charge on any atom is 0.490 e. The number of carboxylic acid groups (broad SMARTS) is 1. The molecule has 0 spiro atoms. The Kier molecular flexibility index (Phi) is 6.95. The van der Waals surface area contributed by atoms with Crippen LogP contribution in [0.3, 0.4) is 0 Å². The monoisotopic (exact) mass is 457 g/mol. The normalized spacial score (nSPS) is 23.1. The summed E-state index contributed by atoms with van der Waals surface area (Å²) in [6.45, 7) is 1.57. The molecule has 11 heteroatoms. The summed E-state index contributed by atoms with van der Waals surface area (Å²) in [6.07, 6.45) is -0.111. The van der Waals surface area contributed by atoms with Crippen molar-refractivity contribution in [2.45, 2.75) is 57.0 Å². The third kappa shape index (κ3) is 5.79. The Hall–Kier alpha value is -2.53. The second-order valence-electron chi connectivity index (χ2n) is 7.57. The van der Waals surface area contributed by atoms with Crippen molar-refractivity contribution < 1.29 is 32.6 Å². The van der Waals surface area contributed by atoms with Crippen molar-refractivity contribution in [2.24, 2.45) is 0 Å². The smallest absolute Gasteiger partial charge is 0.475 e. The second kappa shape index (κ2) is 9.31. The van der Waals surface area contributed by atoms with Crippen molar-refractivity contribution in [1.29, 1.82) is 0 Å². The van der Waals surface area contributed by atoms with Gasteiger partial charge in [0, 0.05) is 23.2 Å². The van der Waals surface area contributed by atoms with Crippen LogP contribution in [0.25, 0.3) is 10.6 Å². The number of nitrogens with zero attached hydrogens (tertiary/aromatic N) is 3. The van der Waals surface area contributed by atoms with Gasteiger partial charge in [-0.15, -0.1) is 5.10 Å². The van der Waals surface area contributed by atoms with Crippen LogP contribution >= 0.6 is 11.3 Å². The van der Waals surface area contributed by atoms with Gasteiger partial charge in [0.15, 0.2) is 10.8 Å². The molecule has 168 valence electrons. The number of hydrogen-bond donors (Lipinski definition) is 1. The topological polar surface area (TPSA) is 92.6 Å². The van der Waals surface area contributed by atoms with Crippen LogP contribution in [0.1, 0.15) is 43.0 Å². The van der Waals surface area contributed by atoms with Crippen LogP contribution in [-0.4, -0.2) is 63.4 Å². The van der Waals surface area contributed by atoms with Gasteiger partial charge in [-0.05, 0) is 39.7 Å². The van der Waals surface area contributed by atoms with Gasteiger partial charge in [-0.1, -0.05) is 40.7 Å². The van der Waals surface area contributed by atoms with E-state index in [1.54, 1.807) is 6.92 Å². The third-order valence-electron chi connectivity index (χ3n) is 5.51. The molecule has 2 fully saturated rings. The van der Waals surface area contributed by atoms with E-state index >= 15 is 0 Å². The molecule has 0 saturated carbocycles. The maximum atomic E-state index is 11.4. The number of carbonyl (C=O) groups is 2. The molecule has 31 heavy (non-hydrogen) atoms. The average Bonchev–Trinajstić information content (AvgIpc) is 3.22. The number of carboxylic acids is 1. The van der Waals surface area contributed by atoms with Gasteiger partial charge in [-0.2, -0.15) is 13.2 Å². The highest BCUT2D eigenvalue weighted by molar-refractivity contribution is 7.16. The Morgan fingerprint density at radius 2 is 1.68 bits per heavy atom. The molecule has 4 rings (SSSR count). The van der Waals surface area contributed by atoms with Crippen molar-refractivity contribution in [1.82, 2.24) is 15.1 Å². The third-order valence-corrected chi connectivity index (χ3v) is 6.37. The Morgan fingerprint density at radius 1 is 1.13 bits per heavy atom. The van der Waals surface area contributed by atoms with Gasteiger partial charge in [-0.3, -0.25) is 4.79 Å². The molecular formula is C20H22F3N3O4S. The summed E-state index contributed by atoms with van der Waals surface area (Å²) in [5.41, 5.74) is 1.68. The Balaban J connectivity index is 0.000000339. The molecule has 1 aromatic heterocycles.